The molecule has 0 aliphatic heterocycles. The van der Waals surface area contributed by atoms with Gasteiger partial charge in [-0.25, -0.2) is 13.2 Å². The smallest absolute Gasteiger partial charge is 0.337 e. The molecule has 1 unspecified atom stereocenters. The average Bonchev–Trinajstić information content (AvgIpc) is 3.56. The number of anilines is 1. The van der Waals surface area contributed by atoms with E-state index in [0.29, 0.717) is 0 Å². The van der Waals surface area contributed by atoms with Crippen LogP contribution in [-0.4, -0.2) is 25.6 Å². The maximum atomic E-state index is 13.4. The van der Waals surface area contributed by atoms with Crippen LogP contribution in [0.15, 0.2) is 35.2 Å². The summed E-state index contributed by atoms with van der Waals surface area (Å²) in [6.07, 6.45) is 7.13. The van der Waals surface area contributed by atoms with Crippen molar-refractivity contribution in [3.05, 3.63) is 52.0 Å². The summed E-state index contributed by atoms with van der Waals surface area (Å²) in [4.78, 5) is 11.4. The standard InChI is InChI=1S/C24H23ClN2O5S/c25-18-12-20(32-22-6-9-24(22)7-1-8-24)19(10-16(18)13-26)27-33(30,31)21-11-15(14-2-3-14)4-5-17(21)23(28)29/h4-5,10-12,14,22,27H,1-3,6-9H2,(H,28,29). The lowest BCUT2D eigenvalue weighted by Gasteiger charge is -2.55. The second-order valence-corrected chi connectivity index (χ2v) is 11.3. The highest BCUT2D eigenvalue weighted by molar-refractivity contribution is 7.92. The van der Waals surface area contributed by atoms with E-state index in [-0.39, 0.29) is 49.9 Å². The van der Waals surface area contributed by atoms with Crippen molar-refractivity contribution in [3.63, 3.8) is 0 Å². The molecule has 0 radical (unpaired) electrons. The lowest BCUT2D eigenvalue weighted by Crippen LogP contribution is -2.52. The van der Waals surface area contributed by atoms with Crippen LogP contribution in [-0.2, 0) is 10.0 Å². The van der Waals surface area contributed by atoms with Gasteiger partial charge in [0.15, 0.2) is 0 Å². The number of carboxylic acids is 1. The van der Waals surface area contributed by atoms with E-state index in [1.54, 1.807) is 6.07 Å². The minimum atomic E-state index is -4.29. The lowest BCUT2D eigenvalue weighted by atomic mass is 9.54. The summed E-state index contributed by atoms with van der Waals surface area (Å²) in [7, 11) is -4.29. The van der Waals surface area contributed by atoms with Crippen LogP contribution in [0.25, 0.3) is 0 Å². The number of aromatic carboxylic acids is 1. The Labute approximate surface area is 197 Å². The van der Waals surface area contributed by atoms with Gasteiger partial charge in [0.05, 0.1) is 21.8 Å². The van der Waals surface area contributed by atoms with Crippen LogP contribution in [0, 0.1) is 16.7 Å². The van der Waals surface area contributed by atoms with Gasteiger partial charge >= 0.3 is 5.97 Å². The average molecular weight is 487 g/mol. The van der Waals surface area contributed by atoms with E-state index < -0.39 is 16.0 Å². The van der Waals surface area contributed by atoms with Crippen LogP contribution in [0.3, 0.4) is 0 Å². The Balaban J connectivity index is 1.52. The Hall–Kier alpha value is -2.76. The van der Waals surface area contributed by atoms with Crippen LogP contribution < -0.4 is 9.46 Å². The van der Waals surface area contributed by atoms with Crippen LogP contribution in [0.5, 0.6) is 5.75 Å². The third kappa shape index (κ3) is 3.94. The van der Waals surface area contributed by atoms with Gasteiger partial charge in [-0.3, -0.25) is 4.72 Å². The van der Waals surface area contributed by atoms with Crippen LogP contribution in [0.4, 0.5) is 5.69 Å². The number of benzene rings is 2. The number of carboxylic acid groups (broad SMARTS) is 1. The number of sulfonamides is 1. The van der Waals surface area contributed by atoms with Crippen molar-refractivity contribution in [2.24, 2.45) is 5.41 Å². The summed E-state index contributed by atoms with van der Waals surface area (Å²) in [5.74, 6) is -0.836. The summed E-state index contributed by atoms with van der Waals surface area (Å²) < 4.78 is 35.4. The molecule has 3 aliphatic carbocycles. The first-order chi connectivity index (χ1) is 15.7. The monoisotopic (exact) mass is 486 g/mol. The number of ether oxygens (including phenoxy) is 1. The molecule has 0 amide bonds. The lowest BCUT2D eigenvalue weighted by molar-refractivity contribution is -0.0996. The molecular formula is C24H23ClN2O5S. The molecule has 0 aromatic heterocycles. The molecule has 3 saturated carbocycles. The molecule has 1 spiro atoms. The third-order valence-corrected chi connectivity index (χ3v) is 8.93. The van der Waals surface area contributed by atoms with E-state index in [9.17, 15) is 23.6 Å². The van der Waals surface area contributed by atoms with E-state index >= 15 is 0 Å². The molecule has 9 heteroatoms. The maximum absolute atomic E-state index is 13.4. The molecule has 1 atom stereocenters. The fourth-order valence-electron chi connectivity index (χ4n) is 4.84. The Morgan fingerprint density at radius 2 is 1.94 bits per heavy atom. The highest BCUT2D eigenvalue weighted by Crippen LogP contribution is 2.57. The van der Waals surface area contributed by atoms with E-state index in [2.05, 4.69) is 4.72 Å². The van der Waals surface area contributed by atoms with E-state index in [1.807, 2.05) is 6.07 Å². The zero-order valence-corrected chi connectivity index (χ0v) is 19.4. The Bertz CT molecular complexity index is 1290. The molecule has 3 aliphatic rings. The van der Waals surface area contributed by atoms with Gasteiger partial charge in [0.1, 0.15) is 22.8 Å². The van der Waals surface area contributed by atoms with Crippen molar-refractivity contribution in [1.29, 1.82) is 5.26 Å². The van der Waals surface area contributed by atoms with Gasteiger partial charge in [-0.2, -0.15) is 5.26 Å². The van der Waals surface area contributed by atoms with Gasteiger partial charge in [-0.1, -0.05) is 24.1 Å². The number of halogens is 1. The Kier molecular flexibility index (Phi) is 5.30. The minimum Gasteiger partial charge on any atom is -0.488 e. The predicted octanol–water partition coefficient (Wildman–Crippen LogP) is 5.30. The third-order valence-electron chi connectivity index (χ3n) is 7.21. The second kappa shape index (κ2) is 7.93. The highest BCUT2D eigenvalue weighted by atomic mass is 35.5. The molecule has 0 bridgehead atoms. The molecule has 33 heavy (non-hydrogen) atoms. The second-order valence-electron chi connectivity index (χ2n) is 9.24. The normalized spacial score (nSPS) is 20.9. The molecule has 0 saturated heterocycles. The summed E-state index contributed by atoms with van der Waals surface area (Å²) in [5, 5.41) is 19.2. The molecule has 2 aromatic rings. The van der Waals surface area contributed by atoms with E-state index in [1.165, 1.54) is 24.3 Å². The molecule has 3 fully saturated rings. The van der Waals surface area contributed by atoms with E-state index in [0.717, 1.165) is 50.5 Å². The van der Waals surface area contributed by atoms with Crippen LogP contribution in [0.1, 0.15) is 72.3 Å². The first-order valence-corrected chi connectivity index (χ1v) is 12.9. The van der Waals surface area contributed by atoms with Gasteiger partial charge < -0.3 is 9.84 Å². The summed E-state index contributed by atoms with van der Waals surface area (Å²) in [6, 6.07) is 9.18. The molecular weight excluding hydrogens is 464 g/mol. The van der Waals surface area contributed by atoms with Crippen LogP contribution >= 0.6 is 11.6 Å². The molecule has 7 nitrogen and oxygen atoms in total. The van der Waals surface area contributed by atoms with Gasteiger partial charge in [0.25, 0.3) is 10.0 Å². The molecule has 2 N–H and O–H groups in total. The van der Waals surface area contributed by atoms with Gasteiger partial charge in [0, 0.05) is 11.5 Å². The molecule has 0 heterocycles. The zero-order chi connectivity index (χ0) is 23.4. The fourth-order valence-corrected chi connectivity index (χ4v) is 6.33. The number of nitriles is 1. The summed E-state index contributed by atoms with van der Waals surface area (Å²) in [5.41, 5.74) is 0.804. The van der Waals surface area contributed by atoms with Crippen LogP contribution in [0.2, 0.25) is 5.02 Å². The van der Waals surface area contributed by atoms with Crippen molar-refractivity contribution < 1.29 is 23.1 Å². The maximum Gasteiger partial charge on any atom is 0.337 e. The minimum absolute atomic E-state index is 0.0359. The quantitative estimate of drug-likeness (QED) is 0.548. The summed E-state index contributed by atoms with van der Waals surface area (Å²) >= 11 is 6.23. The first kappa shape index (κ1) is 22.1. The Morgan fingerprint density at radius 3 is 2.48 bits per heavy atom. The van der Waals surface area contributed by atoms with Crippen molar-refractivity contribution in [2.45, 2.75) is 61.9 Å². The highest BCUT2D eigenvalue weighted by Gasteiger charge is 2.52. The number of hydrogen-bond acceptors (Lipinski definition) is 5. The SMILES string of the molecule is N#Cc1cc(NS(=O)(=O)c2cc(C3CC3)ccc2C(=O)O)c(OC2CCC23CCC3)cc1Cl. The molecule has 172 valence electrons. The van der Waals surface area contributed by atoms with Crippen molar-refractivity contribution >= 4 is 33.3 Å². The fraction of sp³-hybridized carbons (Fsp3) is 0.417. The van der Waals surface area contributed by atoms with Gasteiger partial charge in [0.2, 0.25) is 0 Å². The van der Waals surface area contributed by atoms with Gasteiger partial charge in [-0.15, -0.1) is 0 Å². The predicted molar refractivity (Wildman–Crippen MR) is 122 cm³/mol. The Morgan fingerprint density at radius 1 is 1.18 bits per heavy atom. The number of rotatable bonds is 7. The zero-order valence-electron chi connectivity index (χ0n) is 17.8. The van der Waals surface area contributed by atoms with Crippen molar-refractivity contribution in [3.8, 4) is 11.8 Å². The van der Waals surface area contributed by atoms with Crippen molar-refractivity contribution in [2.75, 3.05) is 4.72 Å². The van der Waals surface area contributed by atoms with Crippen molar-refractivity contribution in [1.82, 2.24) is 0 Å². The van der Waals surface area contributed by atoms with E-state index in [4.69, 9.17) is 16.3 Å². The number of nitrogens with zero attached hydrogens (tertiary/aromatic N) is 1. The summed E-state index contributed by atoms with van der Waals surface area (Å²) in [6.45, 7) is 0. The van der Waals surface area contributed by atoms with Gasteiger partial charge in [-0.05, 0) is 68.2 Å². The molecule has 5 rings (SSSR count). The number of hydrogen-bond donors (Lipinski definition) is 2. The number of nitrogens with one attached hydrogen (secondary N) is 1. The number of carbonyl (C=O) groups is 1. The topological polar surface area (TPSA) is 116 Å². The largest absolute Gasteiger partial charge is 0.488 e. The first-order valence-electron chi connectivity index (χ1n) is 11.0. The molecule has 2 aromatic carbocycles.